The molecule has 0 unspecified atom stereocenters. The highest BCUT2D eigenvalue weighted by molar-refractivity contribution is 5.92. The second-order valence-corrected chi connectivity index (χ2v) is 3.04. The molecule has 0 aliphatic rings. The van der Waals surface area contributed by atoms with E-state index in [2.05, 4.69) is 4.74 Å². The van der Waals surface area contributed by atoms with Crippen LogP contribution in [-0.2, 0) is 4.74 Å². The number of aromatic carboxylic acids is 1. The van der Waals surface area contributed by atoms with Crippen LogP contribution in [0.15, 0.2) is 18.2 Å². The van der Waals surface area contributed by atoms with Gasteiger partial charge in [-0.15, -0.1) is 0 Å². The first-order valence-electron chi connectivity index (χ1n) is 4.73. The Kier molecular flexibility index (Phi) is 3.88. The van der Waals surface area contributed by atoms with E-state index >= 15 is 0 Å². The molecule has 1 rings (SSSR count). The van der Waals surface area contributed by atoms with Crippen LogP contribution in [0.4, 0.5) is 4.79 Å². The first-order chi connectivity index (χ1) is 7.56. The fourth-order valence-corrected chi connectivity index (χ4v) is 1.19. The van der Waals surface area contributed by atoms with E-state index in [1.54, 1.807) is 26.0 Å². The summed E-state index contributed by atoms with van der Waals surface area (Å²) < 4.78 is 9.42. The van der Waals surface area contributed by atoms with Gasteiger partial charge in [0, 0.05) is 0 Å². The van der Waals surface area contributed by atoms with E-state index in [-0.39, 0.29) is 17.9 Å². The number of hydrogen-bond donors (Lipinski definition) is 1. The van der Waals surface area contributed by atoms with E-state index in [9.17, 15) is 9.59 Å². The van der Waals surface area contributed by atoms with Crippen LogP contribution in [-0.4, -0.2) is 23.8 Å². The summed E-state index contributed by atoms with van der Waals surface area (Å²) in [6.07, 6.45) is -0.903. The fraction of sp³-hybridized carbons (Fsp3) is 0.273. The van der Waals surface area contributed by atoms with Crippen LogP contribution in [0.2, 0.25) is 0 Å². The molecule has 0 radical (unpaired) electrons. The lowest BCUT2D eigenvalue weighted by molar-refractivity contribution is 0.0690. The minimum absolute atomic E-state index is 0.0217. The highest BCUT2D eigenvalue weighted by Gasteiger charge is 2.16. The summed E-state index contributed by atoms with van der Waals surface area (Å²) in [6, 6.07) is 4.60. The summed E-state index contributed by atoms with van der Waals surface area (Å²) in [5, 5.41) is 8.90. The molecule has 16 heavy (non-hydrogen) atoms. The molecule has 0 fully saturated rings. The number of para-hydroxylation sites is 1. The Morgan fingerprint density at radius 3 is 2.62 bits per heavy atom. The molecule has 0 bridgehead atoms. The third kappa shape index (κ3) is 2.73. The summed E-state index contributed by atoms with van der Waals surface area (Å²) in [6.45, 7) is 3.46. The minimum Gasteiger partial charge on any atom is -0.478 e. The van der Waals surface area contributed by atoms with Crippen molar-refractivity contribution in [2.45, 2.75) is 13.8 Å². The number of carboxylic acids is 1. The third-order valence-corrected chi connectivity index (χ3v) is 1.89. The van der Waals surface area contributed by atoms with Crippen LogP contribution >= 0.6 is 0 Å². The van der Waals surface area contributed by atoms with Gasteiger partial charge in [0.15, 0.2) is 5.75 Å². The van der Waals surface area contributed by atoms with Crippen LogP contribution in [0.1, 0.15) is 22.8 Å². The number of aryl methyl sites for hydroxylation is 1. The molecule has 5 nitrogen and oxygen atoms in total. The maximum Gasteiger partial charge on any atom is 0.513 e. The molecule has 0 atom stereocenters. The third-order valence-electron chi connectivity index (χ3n) is 1.89. The van der Waals surface area contributed by atoms with E-state index in [1.807, 2.05) is 0 Å². The average Bonchev–Trinajstić information content (AvgIpc) is 2.21. The smallest absolute Gasteiger partial charge is 0.478 e. The van der Waals surface area contributed by atoms with Crippen LogP contribution in [0.3, 0.4) is 0 Å². The van der Waals surface area contributed by atoms with Crippen molar-refractivity contribution in [3.63, 3.8) is 0 Å². The Labute approximate surface area is 92.6 Å². The molecular formula is C11H12O5. The minimum atomic E-state index is -1.15. The molecule has 1 N–H and O–H groups in total. The van der Waals surface area contributed by atoms with E-state index < -0.39 is 12.1 Å². The van der Waals surface area contributed by atoms with Gasteiger partial charge in [-0.3, -0.25) is 0 Å². The van der Waals surface area contributed by atoms with Crippen molar-refractivity contribution in [2.24, 2.45) is 0 Å². The molecule has 1 aromatic rings. The molecule has 0 saturated heterocycles. The molecule has 0 amide bonds. The van der Waals surface area contributed by atoms with Gasteiger partial charge in [0.1, 0.15) is 5.56 Å². The molecule has 0 saturated carbocycles. The number of carbonyl (C=O) groups excluding carboxylic acids is 1. The highest BCUT2D eigenvalue weighted by atomic mass is 16.7. The maximum atomic E-state index is 11.1. The van der Waals surface area contributed by atoms with Gasteiger partial charge in [0.05, 0.1) is 6.61 Å². The summed E-state index contributed by atoms with van der Waals surface area (Å²) in [5.74, 6) is -1.13. The lowest BCUT2D eigenvalue weighted by atomic mass is 10.1. The van der Waals surface area contributed by atoms with Crippen LogP contribution in [0.25, 0.3) is 0 Å². The van der Waals surface area contributed by atoms with Crippen molar-refractivity contribution in [3.8, 4) is 5.75 Å². The lowest BCUT2D eigenvalue weighted by Gasteiger charge is -2.09. The second-order valence-electron chi connectivity index (χ2n) is 3.04. The van der Waals surface area contributed by atoms with Gasteiger partial charge >= 0.3 is 12.1 Å². The Bertz CT molecular complexity index is 411. The average molecular weight is 224 g/mol. The van der Waals surface area contributed by atoms with Crippen LogP contribution in [0.5, 0.6) is 5.75 Å². The lowest BCUT2D eigenvalue weighted by Crippen LogP contribution is -2.13. The second kappa shape index (κ2) is 5.16. The van der Waals surface area contributed by atoms with Crippen molar-refractivity contribution in [2.75, 3.05) is 6.61 Å². The Morgan fingerprint density at radius 1 is 1.38 bits per heavy atom. The van der Waals surface area contributed by atoms with Crippen molar-refractivity contribution < 1.29 is 24.2 Å². The zero-order valence-electron chi connectivity index (χ0n) is 9.02. The Balaban J connectivity index is 3.01. The van der Waals surface area contributed by atoms with Gasteiger partial charge in [-0.25, -0.2) is 9.59 Å². The van der Waals surface area contributed by atoms with Crippen LogP contribution in [0, 0.1) is 6.92 Å². The zero-order valence-corrected chi connectivity index (χ0v) is 9.02. The molecule has 0 spiro atoms. The maximum absolute atomic E-state index is 11.1. The largest absolute Gasteiger partial charge is 0.513 e. The number of carboxylic acid groups (broad SMARTS) is 1. The standard InChI is InChI=1S/C11H12O5/c1-3-15-11(14)16-9-7(2)5-4-6-8(9)10(12)13/h4-6H,3H2,1-2H3,(H,12,13). The van der Waals surface area contributed by atoms with Crippen molar-refractivity contribution >= 4 is 12.1 Å². The summed E-state index contributed by atoms with van der Waals surface area (Å²) >= 11 is 0. The molecule has 86 valence electrons. The number of hydrogen-bond acceptors (Lipinski definition) is 4. The van der Waals surface area contributed by atoms with Crippen molar-refractivity contribution in [1.82, 2.24) is 0 Å². The van der Waals surface area contributed by atoms with Gasteiger partial charge in [-0.05, 0) is 25.5 Å². The topological polar surface area (TPSA) is 72.8 Å². The molecule has 0 heterocycles. The molecule has 5 heteroatoms. The van der Waals surface area contributed by atoms with E-state index in [0.717, 1.165) is 0 Å². The number of ether oxygens (including phenoxy) is 2. The Hall–Kier alpha value is -2.04. The first kappa shape index (κ1) is 12.0. The Morgan fingerprint density at radius 2 is 2.06 bits per heavy atom. The SMILES string of the molecule is CCOC(=O)Oc1c(C)cccc1C(=O)O. The first-order valence-corrected chi connectivity index (χ1v) is 4.73. The predicted molar refractivity (Wildman–Crippen MR) is 55.8 cm³/mol. The van der Waals surface area contributed by atoms with Crippen molar-refractivity contribution in [1.29, 1.82) is 0 Å². The van der Waals surface area contributed by atoms with Crippen LogP contribution < -0.4 is 4.74 Å². The highest BCUT2D eigenvalue weighted by Crippen LogP contribution is 2.23. The molecule has 0 aliphatic carbocycles. The van der Waals surface area contributed by atoms with Crippen molar-refractivity contribution in [3.05, 3.63) is 29.3 Å². The van der Waals surface area contributed by atoms with Gasteiger partial charge < -0.3 is 14.6 Å². The summed E-state index contributed by atoms with van der Waals surface area (Å²) in [5.41, 5.74) is 0.501. The summed E-state index contributed by atoms with van der Waals surface area (Å²) in [4.78, 5) is 22.0. The molecule has 0 aromatic heterocycles. The predicted octanol–water partition coefficient (Wildman–Crippen LogP) is 2.23. The number of carbonyl (C=O) groups is 2. The zero-order chi connectivity index (χ0) is 12.1. The quantitative estimate of drug-likeness (QED) is 0.629. The molecule has 1 aromatic carbocycles. The number of rotatable bonds is 3. The normalized spacial score (nSPS) is 9.62. The number of benzene rings is 1. The molecular weight excluding hydrogens is 212 g/mol. The monoisotopic (exact) mass is 224 g/mol. The van der Waals surface area contributed by atoms with E-state index in [1.165, 1.54) is 6.07 Å². The van der Waals surface area contributed by atoms with Gasteiger partial charge in [0.2, 0.25) is 0 Å². The van der Waals surface area contributed by atoms with E-state index in [4.69, 9.17) is 9.84 Å². The van der Waals surface area contributed by atoms with Gasteiger partial charge in [0.25, 0.3) is 0 Å². The fourth-order valence-electron chi connectivity index (χ4n) is 1.19. The van der Waals surface area contributed by atoms with Gasteiger partial charge in [-0.2, -0.15) is 0 Å². The van der Waals surface area contributed by atoms with E-state index in [0.29, 0.717) is 5.56 Å². The van der Waals surface area contributed by atoms with Gasteiger partial charge in [-0.1, -0.05) is 12.1 Å². The molecule has 0 aliphatic heterocycles. The summed E-state index contributed by atoms with van der Waals surface area (Å²) in [7, 11) is 0.